The molecule has 0 spiro atoms. The maximum atomic E-state index is 9.24. The Bertz CT molecular complexity index is 30.0. The van der Waals surface area contributed by atoms with Gasteiger partial charge in [-0.25, -0.2) is 0 Å². The summed E-state index contributed by atoms with van der Waals surface area (Å²) in [5, 5.41) is 7.84. The predicted octanol–water partition coefficient (Wildman–Crippen LogP) is -1.08. The first-order valence-electron chi connectivity index (χ1n) is 1.46. The van der Waals surface area contributed by atoms with Gasteiger partial charge in [-0.05, 0) is 0 Å². The summed E-state index contributed by atoms with van der Waals surface area (Å²) in [4.78, 5) is 9.24. The van der Waals surface area contributed by atoms with Gasteiger partial charge in [0.25, 0.3) is 0 Å². The van der Waals surface area contributed by atoms with Crippen molar-refractivity contribution >= 4 is 57.7 Å². The van der Waals surface area contributed by atoms with Gasteiger partial charge in [-0.2, -0.15) is 0 Å². The summed E-state index contributed by atoms with van der Waals surface area (Å²) in [6.45, 7) is -0.0243. The number of hydrogen-bond acceptors (Lipinski definition) is 2. The molecule has 0 unspecified atom stereocenters. The van der Waals surface area contributed by atoms with Crippen molar-refractivity contribution in [1.82, 2.24) is 0 Å². The Balaban J connectivity index is 0. The first-order chi connectivity index (χ1) is 2.41. The van der Waals surface area contributed by atoms with Crippen LogP contribution in [-0.2, 0) is 4.79 Å². The Morgan fingerprint density at radius 2 is 2.17 bits per heavy atom. The van der Waals surface area contributed by atoms with Crippen LogP contribution in [0.3, 0.4) is 0 Å². The first kappa shape index (κ1) is 10.3. The van der Waals surface area contributed by atoms with Gasteiger partial charge in [0, 0.05) is 13.0 Å². The van der Waals surface area contributed by atoms with E-state index in [-0.39, 0.29) is 64.4 Å². The number of carbonyl (C=O) groups excluding carboxylic acids is 1. The van der Waals surface area contributed by atoms with Crippen LogP contribution in [0, 0.1) is 0 Å². The zero-order chi connectivity index (χ0) is 4.12. The molecule has 0 bridgehead atoms. The first-order valence-corrected chi connectivity index (χ1v) is 1.46. The minimum atomic E-state index is -0.0243. The van der Waals surface area contributed by atoms with Crippen molar-refractivity contribution in [2.75, 3.05) is 6.61 Å². The van der Waals surface area contributed by atoms with Crippen molar-refractivity contribution in [3.63, 3.8) is 0 Å². The number of rotatable bonds is 2. The van der Waals surface area contributed by atoms with Gasteiger partial charge in [-0.3, -0.25) is 0 Å². The molecule has 0 heterocycles. The van der Waals surface area contributed by atoms with E-state index < -0.39 is 0 Å². The molecule has 6 heavy (non-hydrogen) atoms. The van der Waals surface area contributed by atoms with Gasteiger partial charge in [0.05, 0.1) is 0 Å². The van der Waals surface area contributed by atoms with Gasteiger partial charge in [0.2, 0.25) is 0 Å². The Labute approximate surface area is 79.3 Å². The molecule has 0 radical (unpaired) electrons. The van der Waals surface area contributed by atoms with Crippen molar-refractivity contribution in [3.05, 3.63) is 0 Å². The van der Waals surface area contributed by atoms with Gasteiger partial charge in [0.15, 0.2) is 0 Å². The van der Waals surface area contributed by atoms with E-state index in [9.17, 15) is 4.79 Å². The van der Waals surface area contributed by atoms with Gasteiger partial charge in [-0.15, -0.1) is 0 Å². The van der Waals surface area contributed by atoms with Crippen LogP contribution in [0.1, 0.15) is 6.42 Å². The van der Waals surface area contributed by atoms with E-state index >= 15 is 0 Å². The molecule has 0 aliphatic carbocycles. The minimum absolute atomic E-state index is 0. The summed E-state index contributed by atoms with van der Waals surface area (Å²) in [6, 6.07) is 0. The number of aliphatic hydroxyl groups excluding tert-OH is 1. The third-order valence-electron chi connectivity index (χ3n) is 0.247. The second kappa shape index (κ2) is 9.55. The van der Waals surface area contributed by atoms with E-state index in [1.807, 2.05) is 0 Å². The Kier molecular flexibility index (Phi) is 16.4. The normalized spacial score (nSPS) is 6.17. The summed E-state index contributed by atoms with van der Waals surface area (Å²) >= 11 is 0. The number of hydrogen-bond donors (Lipinski definition) is 1. The fourth-order valence-corrected chi connectivity index (χ4v) is 0.0527. The number of carbonyl (C=O) groups is 1. The van der Waals surface area contributed by atoms with Crippen LogP contribution >= 0.6 is 0 Å². The van der Waals surface area contributed by atoms with Crippen LogP contribution in [0.15, 0.2) is 0 Å². The van der Waals surface area contributed by atoms with Crippen LogP contribution in [0.2, 0.25) is 0 Å². The van der Waals surface area contributed by atoms with Crippen molar-refractivity contribution in [2.24, 2.45) is 0 Å². The quantitative estimate of drug-likeness (QED) is 0.366. The molecule has 0 atom stereocenters. The molecule has 0 aromatic heterocycles. The van der Waals surface area contributed by atoms with Crippen molar-refractivity contribution in [3.8, 4) is 0 Å². The zero-order valence-electron chi connectivity index (χ0n) is 2.85. The molecule has 0 saturated heterocycles. The number of aldehydes is 1. The molecule has 0 amide bonds. The summed E-state index contributed by atoms with van der Waals surface area (Å²) in [6.07, 6.45) is 0.944. The van der Waals surface area contributed by atoms with Crippen molar-refractivity contribution < 1.29 is 9.90 Å². The van der Waals surface area contributed by atoms with E-state index in [2.05, 4.69) is 0 Å². The molecule has 0 aliphatic rings. The predicted molar refractivity (Wildman–Crippen MR) is 24.9 cm³/mol. The third kappa shape index (κ3) is 8.98. The van der Waals surface area contributed by atoms with Crippen molar-refractivity contribution in [1.29, 1.82) is 0 Å². The molecule has 0 saturated carbocycles. The standard InChI is InChI=1S/C3H6O2.K.H/c4-2-1-3-5;;/h2,5H,1,3H2;;. The summed E-state index contributed by atoms with van der Waals surface area (Å²) < 4.78 is 0. The van der Waals surface area contributed by atoms with Crippen molar-refractivity contribution in [2.45, 2.75) is 6.42 Å². The second-order valence-electron chi connectivity index (χ2n) is 0.679. The van der Waals surface area contributed by atoms with E-state index in [4.69, 9.17) is 5.11 Å². The molecule has 0 aliphatic heterocycles. The molecule has 0 aromatic carbocycles. The SMILES string of the molecule is O=CCCO.[KH]. The molecule has 0 fully saturated rings. The van der Waals surface area contributed by atoms with E-state index in [0.29, 0.717) is 6.29 Å². The van der Waals surface area contributed by atoms with Crippen LogP contribution < -0.4 is 0 Å². The van der Waals surface area contributed by atoms with Crippen LogP contribution in [-0.4, -0.2) is 69.4 Å². The second-order valence-corrected chi connectivity index (χ2v) is 0.679. The average Bonchev–Trinajstić information content (AvgIpc) is 1.41. The summed E-state index contributed by atoms with van der Waals surface area (Å²) in [5.74, 6) is 0. The molecule has 0 rings (SSSR count). The zero-order valence-corrected chi connectivity index (χ0v) is 2.85. The summed E-state index contributed by atoms with van der Waals surface area (Å²) in [7, 11) is 0. The Morgan fingerprint density at radius 1 is 1.67 bits per heavy atom. The fourth-order valence-electron chi connectivity index (χ4n) is 0.0527. The Morgan fingerprint density at radius 3 is 2.17 bits per heavy atom. The topological polar surface area (TPSA) is 37.3 Å². The van der Waals surface area contributed by atoms with Gasteiger partial charge in [-0.1, -0.05) is 0 Å². The van der Waals surface area contributed by atoms with E-state index in [0.717, 1.165) is 0 Å². The van der Waals surface area contributed by atoms with Crippen LogP contribution in [0.5, 0.6) is 0 Å². The van der Waals surface area contributed by atoms with Gasteiger partial charge < -0.3 is 9.90 Å². The molecule has 3 heteroatoms. The molecular weight excluding hydrogens is 107 g/mol. The van der Waals surface area contributed by atoms with Gasteiger partial charge >= 0.3 is 51.4 Å². The Hall–Kier alpha value is 1.27. The van der Waals surface area contributed by atoms with Crippen LogP contribution in [0.4, 0.5) is 0 Å². The molecular formula is C3H7KO2. The molecule has 0 aromatic rings. The van der Waals surface area contributed by atoms with Crippen LogP contribution in [0.25, 0.3) is 0 Å². The average molecular weight is 114 g/mol. The van der Waals surface area contributed by atoms with Gasteiger partial charge in [0.1, 0.15) is 6.29 Å². The van der Waals surface area contributed by atoms with E-state index in [1.54, 1.807) is 0 Å². The number of aliphatic hydroxyl groups is 1. The molecule has 32 valence electrons. The fraction of sp³-hybridized carbons (Fsp3) is 0.667. The monoisotopic (exact) mass is 114 g/mol. The molecule has 1 N–H and O–H groups in total. The van der Waals surface area contributed by atoms with E-state index in [1.165, 1.54) is 0 Å². The third-order valence-corrected chi connectivity index (χ3v) is 0.247. The molecule has 2 nitrogen and oxygen atoms in total. The maximum absolute atomic E-state index is 9.24. The summed E-state index contributed by atoms with van der Waals surface area (Å²) in [5.41, 5.74) is 0.